The van der Waals surface area contributed by atoms with Crippen molar-refractivity contribution in [2.75, 3.05) is 40.3 Å². The molecule has 2 fully saturated rings. The summed E-state index contributed by atoms with van der Waals surface area (Å²) in [6.07, 6.45) is 3.94. The van der Waals surface area contributed by atoms with E-state index in [-0.39, 0.29) is 6.10 Å². The average molecular weight is 345 g/mol. The number of hydrogen-bond donors (Lipinski definition) is 1. The summed E-state index contributed by atoms with van der Waals surface area (Å²) in [5.74, 6) is 0.923. The highest BCUT2D eigenvalue weighted by Crippen LogP contribution is 2.22. The van der Waals surface area contributed by atoms with Gasteiger partial charge >= 0.3 is 0 Å². The van der Waals surface area contributed by atoms with Gasteiger partial charge in [-0.1, -0.05) is 31.2 Å². The van der Waals surface area contributed by atoms with Crippen LogP contribution in [-0.4, -0.2) is 68.2 Å². The van der Waals surface area contributed by atoms with Crippen LogP contribution in [0, 0.1) is 0 Å². The Balaban J connectivity index is 1.48. The lowest BCUT2D eigenvalue weighted by molar-refractivity contribution is -0.0454. The molecule has 0 aliphatic carbocycles. The molecule has 0 aromatic heterocycles. The maximum absolute atomic E-state index is 6.03. The lowest BCUT2D eigenvalue weighted by atomic mass is 10.1. The summed E-state index contributed by atoms with van der Waals surface area (Å²) in [4.78, 5) is 9.18. The van der Waals surface area contributed by atoms with E-state index in [1.165, 1.54) is 30.5 Å². The Labute approximate surface area is 152 Å². The van der Waals surface area contributed by atoms with Crippen molar-refractivity contribution in [3.8, 4) is 0 Å². The number of benzene rings is 1. The Morgan fingerprint density at radius 1 is 1.32 bits per heavy atom. The summed E-state index contributed by atoms with van der Waals surface area (Å²) < 4.78 is 6.03. The molecule has 0 bridgehead atoms. The van der Waals surface area contributed by atoms with Gasteiger partial charge in [0.15, 0.2) is 5.96 Å². The minimum Gasteiger partial charge on any atom is -0.373 e. The number of fused-ring (bicyclic) bond motifs is 1. The van der Waals surface area contributed by atoms with Gasteiger partial charge < -0.3 is 15.0 Å². The first kappa shape index (κ1) is 18.2. The predicted molar refractivity (Wildman–Crippen MR) is 103 cm³/mol. The predicted octanol–water partition coefficient (Wildman–Crippen LogP) is 2.12. The number of ether oxygens (including phenoxy) is 1. The maximum Gasteiger partial charge on any atom is 0.193 e. The maximum atomic E-state index is 6.03. The third-order valence-electron chi connectivity index (χ3n) is 5.37. The third kappa shape index (κ3) is 4.73. The third-order valence-corrected chi connectivity index (χ3v) is 5.37. The van der Waals surface area contributed by atoms with Crippen LogP contribution in [0.15, 0.2) is 29.3 Å². The molecule has 2 atom stereocenters. The molecule has 2 unspecified atom stereocenters. The summed E-state index contributed by atoms with van der Waals surface area (Å²) in [7, 11) is 3.93. The number of aryl methyl sites for hydroxylation is 1. The summed E-state index contributed by atoms with van der Waals surface area (Å²) in [6, 6.07) is 9.49. The molecule has 1 aromatic carbocycles. The molecule has 2 heterocycles. The largest absolute Gasteiger partial charge is 0.373 e. The number of aliphatic imine (C=N–C) groups is 1. The number of nitrogens with zero attached hydrogens (tertiary/aromatic N) is 3. The zero-order valence-corrected chi connectivity index (χ0v) is 15.9. The molecule has 138 valence electrons. The lowest BCUT2D eigenvalue weighted by Gasteiger charge is -2.35. The van der Waals surface area contributed by atoms with Crippen LogP contribution < -0.4 is 5.32 Å². The fourth-order valence-corrected chi connectivity index (χ4v) is 3.83. The van der Waals surface area contributed by atoms with Crippen LogP contribution in [0.3, 0.4) is 0 Å². The first-order valence-corrected chi connectivity index (χ1v) is 9.55. The number of guanidine groups is 1. The molecule has 0 radical (unpaired) electrons. The van der Waals surface area contributed by atoms with Crippen LogP contribution in [0.1, 0.15) is 30.9 Å². The normalized spacial score (nSPS) is 24.2. The molecule has 2 aliphatic rings. The summed E-state index contributed by atoms with van der Waals surface area (Å²) in [5.41, 5.74) is 2.68. The van der Waals surface area contributed by atoms with E-state index >= 15 is 0 Å². The quantitative estimate of drug-likeness (QED) is 0.656. The minimum absolute atomic E-state index is 0.253. The molecule has 0 amide bonds. The van der Waals surface area contributed by atoms with E-state index in [2.05, 4.69) is 58.3 Å². The molecule has 1 N–H and O–H groups in total. The van der Waals surface area contributed by atoms with Crippen molar-refractivity contribution < 1.29 is 4.74 Å². The Morgan fingerprint density at radius 2 is 2.08 bits per heavy atom. The molecule has 2 saturated heterocycles. The van der Waals surface area contributed by atoms with Gasteiger partial charge in [-0.15, -0.1) is 0 Å². The fourth-order valence-electron chi connectivity index (χ4n) is 3.83. The zero-order valence-electron chi connectivity index (χ0n) is 15.9. The molecule has 1 aromatic rings. The number of morpholine rings is 1. The van der Waals surface area contributed by atoms with E-state index in [0.29, 0.717) is 6.04 Å². The van der Waals surface area contributed by atoms with Gasteiger partial charge in [-0.05, 0) is 36.9 Å². The SMILES string of the molecule is CCc1ccc(CN(C)C(=NC)NCC2CN3CCCC3CO2)cc1. The van der Waals surface area contributed by atoms with Gasteiger partial charge in [0.2, 0.25) is 0 Å². The molecular formula is C20H32N4O. The van der Waals surface area contributed by atoms with Gasteiger partial charge in [0.25, 0.3) is 0 Å². The molecule has 5 heteroatoms. The second kappa shape index (κ2) is 8.68. The number of hydrogen-bond acceptors (Lipinski definition) is 3. The van der Waals surface area contributed by atoms with Crippen molar-refractivity contribution in [3.63, 3.8) is 0 Å². The highest BCUT2D eigenvalue weighted by molar-refractivity contribution is 5.79. The number of rotatable bonds is 5. The Bertz CT molecular complexity index is 572. The molecule has 25 heavy (non-hydrogen) atoms. The lowest BCUT2D eigenvalue weighted by Crippen LogP contribution is -2.51. The molecule has 3 rings (SSSR count). The van der Waals surface area contributed by atoms with Crippen LogP contribution in [0.25, 0.3) is 0 Å². The van der Waals surface area contributed by atoms with Crippen molar-refractivity contribution in [2.45, 2.75) is 44.9 Å². The van der Waals surface area contributed by atoms with E-state index in [1.807, 2.05) is 7.05 Å². The fraction of sp³-hybridized carbons (Fsp3) is 0.650. The van der Waals surface area contributed by atoms with Crippen molar-refractivity contribution in [3.05, 3.63) is 35.4 Å². The standard InChI is InChI=1S/C20H32N4O/c1-4-16-7-9-17(10-8-16)13-23(3)20(21-2)22-12-19-14-24-11-5-6-18(24)15-25-19/h7-10,18-19H,4-6,11-15H2,1-3H3,(H,21,22). The molecule has 0 spiro atoms. The van der Waals surface area contributed by atoms with E-state index in [9.17, 15) is 0 Å². The highest BCUT2D eigenvalue weighted by atomic mass is 16.5. The summed E-state index contributed by atoms with van der Waals surface area (Å²) >= 11 is 0. The van der Waals surface area contributed by atoms with Crippen molar-refractivity contribution in [1.29, 1.82) is 0 Å². The molecular weight excluding hydrogens is 312 g/mol. The average Bonchev–Trinajstić information content (AvgIpc) is 3.10. The minimum atomic E-state index is 0.253. The monoisotopic (exact) mass is 344 g/mol. The van der Waals surface area contributed by atoms with Gasteiger partial charge in [-0.2, -0.15) is 0 Å². The first-order chi connectivity index (χ1) is 12.2. The van der Waals surface area contributed by atoms with Crippen LogP contribution in [0.5, 0.6) is 0 Å². The number of nitrogens with one attached hydrogen (secondary N) is 1. The van der Waals surface area contributed by atoms with Crippen molar-refractivity contribution >= 4 is 5.96 Å². The van der Waals surface area contributed by atoms with Crippen LogP contribution in [0.4, 0.5) is 0 Å². The van der Waals surface area contributed by atoms with E-state index in [1.54, 1.807) is 0 Å². The highest BCUT2D eigenvalue weighted by Gasteiger charge is 2.32. The Hall–Kier alpha value is -1.59. The second-order valence-electron chi connectivity index (χ2n) is 7.20. The van der Waals surface area contributed by atoms with Crippen LogP contribution in [0.2, 0.25) is 0 Å². The van der Waals surface area contributed by atoms with Gasteiger partial charge in [-0.3, -0.25) is 9.89 Å². The van der Waals surface area contributed by atoms with Crippen LogP contribution in [-0.2, 0) is 17.7 Å². The second-order valence-corrected chi connectivity index (χ2v) is 7.20. The van der Waals surface area contributed by atoms with Gasteiger partial charge in [0.05, 0.1) is 12.7 Å². The molecule has 5 nitrogen and oxygen atoms in total. The summed E-state index contributed by atoms with van der Waals surface area (Å²) in [6.45, 7) is 7.00. The van der Waals surface area contributed by atoms with Crippen molar-refractivity contribution in [1.82, 2.24) is 15.1 Å². The smallest absolute Gasteiger partial charge is 0.193 e. The van der Waals surface area contributed by atoms with Crippen molar-refractivity contribution in [2.24, 2.45) is 4.99 Å². The topological polar surface area (TPSA) is 40.1 Å². The van der Waals surface area contributed by atoms with Gasteiger partial charge in [0.1, 0.15) is 0 Å². The van der Waals surface area contributed by atoms with Gasteiger partial charge in [-0.25, -0.2) is 0 Å². The van der Waals surface area contributed by atoms with E-state index in [0.717, 1.165) is 38.6 Å². The Kier molecular flexibility index (Phi) is 6.32. The Morgan fingerprint density at radius 3 is 2.80 bits per heavy atom. The van der Waals surface area contributed by atoms with E-state index < -0.39 is 0 Å². The molecule has 0 saturated carbocycles. The van der Waals surface area contributed by atoms with Crippen LogP contribution >= 0.6 is 0 Å². The first-order valence-electron chi connectivity index (χ1n) is 9.55. The molecule has 2 aliphatic heterocycles. The van der Waals surface area contributed by atoms with Gasteiger partial charge in [0, 0.05) is 39.8 Å². The van der Waals surface area contributed by atoms with E-state index in [4.69, 9.17) is 4.74 Å². The summed E-state index contributed by atoms with van der Waals surface area (Å²) in [5, 5.41) is 3.49. The zero-order chi connectivity index (χ0) is 17.6.